The van der Waals surface area contributed by atoms with E-state index in [1.54, 1.807) is 0 Å². The van der Waals surface area contributed by atoms with Gasteiger partial charge in [-0.3, -0.25) is 14.9 Å². The lowest BCUT2D eigenvalue weighted by Gasteiger charge is -2.35. The van der Waals surface area contributed by atoms with Crippen LogP contribution in [0, 0.1) is 11.8 Å². The van der Waals surface area contributed by atoms with Crippen molar-refractivity contribution >= 4 is 11.9 Å². The first kappa shape index (κ1) is 27.9. The van der Waals surface area contributed by atoms with E-state index in [2.05, 4.69) is 24.5 Å². The zero-order valence-electron chi connectivity index (χ0n) is 20.6. The third-order valence-corrected chi connectivity index (χ3v) is 4.46. The zero-order valence-corrected chi connectivity index (χ0v) is 20.6. The van der Waals surface area contributed by atoms with Crippen LogP contribution in [0.2, 0.25) is 0 Å². The highest BCUT2D eigenvalue weighted by molar-refractivity contribution is 5.76. The molecule has 0 rings (SSSR count). The normalized spacial score (nSPS) is 15.7. The fourth-order valence-electron chi connectivity index (χ4n) is 3.43. The molecule has 0 aliphatic carbocycles. The van der Waals surface area contributed by atoms with E-state index in [-0.39, 0.29) is 42.1 Å². The molecule has 0 bridgehead atoms. The fraction of sp³-hybridized carbons (Fsp3) is 0.913. The Morgan fingerprint density at radius 3 is 1.83 bits per heavy atom. The Labute approximate surface area is 178 Å². The third kappa shape index (κ3) is 12.2. The smallest absolute Gasteiger partial charge is 0.323 e. The van der Waals surface area contributed by atoms with E-state index in [0.29, 0.717) is 12.3 Å². The zero-order chi connectivity index (χ0) is 22.9. The Morgan fingerprint density at radius 2 is 1.41 bits per heavy atom. The van der Waals surface area contributed by atoms with Crippen molar-refractivity contribution in [2.24, 2.45) is 11.8 Å². The van der Waals surface area contributed by atoms with Crippen LogP contribution >= 0.6 is 0 Å². The van der Waals surface area contributed by atoms with E-state index >= 15 is 0 Å². The third-order valence-electron chi connectivity index (χ3n) is 4.46. The van der Waals surface area contributed by atoms with Crippen molar-refractivity contribution in [1.82, 2.24) is 10.6 Å². The molecular weight excluding hydrogens is 368 g/mol. The molecule has 0 aromatic heterocycles. The maximum atomic E-state index is 12.7. The molecule has 3 atom stereocenters. The molecule has 2 unspecified atom stereocenters. The second-order valence-electron chi connectivity index (χ2n) is 10.2. The van der Waals surface area contributed by atoms with Crippen LogP contribution < -0.4 is 10.6 Å². The van der Waals surface area contributed by atoms with Crippen LogP contribution in [0.1, 0.15) is 89.0 Å². The van der Waals surface area contributed by atoms with E-state index in [4.69, 9.17) is 9.47 Å². The predicted octanol–water partition coefficient (Wildman–Crippen LogP) is 4.07. The molecule has 0 aromatic carbocycles. The van der Waals surface area contributed by atoms with Gasteiger partial charge in [0, 0.05) is 18.0 Å². The molecular formula is C23H46N2O4. The topological polar surface area (TPSA) is 76.7 Å². The van der Waals surface area contributed by atoms with Crippen LogP contribution in [-0.4, -0.2) is 47.8 Å². The highest BCUT2D eigenvalue weighted by atomic mass is 16.5. The molecule has 0 radical (unpaired) electrons. The largest absolute Gasteiger partial charge is 0.462 e. The number of hydrogen-bond donors (Lipinski definition) is 2. The van der Waals surface area contributed by atoms with Gasteiger partial charge in [0.25, 0.3) is 0 Å². The van der Waals surface area contributed by atoms with Gasteiger partial charge in [0.05, 0.1) is 6.10 Å². The summed E-state index contributed by atoms with van der Waals surface area (Å²) in [5.74, 6) is 0.0243. The molecule has 0 saturated heterocycles. The molecule has 0 aliphatic heterocycles. The molecule has 0 aliphatic rings. The van der Waals surface area contributed by atoms with Crippen molar-refractivity contribution in [3.05, 3.63) is 0 Å². The van der Waals surface area contributed by atoms with Crippen molar-refractivity contribution in [2.45, 2.75) is 125 Å². The van der Waals surface area contributed by atoms with Crippen molar-refractivity contribution in [2.75, 3.05) is 0 Å². The summed E-state index contributed by atoms with van der Waals surface area (Å²) in [4.78, 5) is 25.1. The minimum atomic E-state index is -0.411. The van der Waals surface area contributed by atoms with Crippen LogP contribution in [0.15, 0.2) is 0 Å². The summed E-state index contributed by atoms with van der Waals surface area (Å²) in [5.41, 5.74) is -0.399. The average Bonchev–Trinajstić information content (AvgIpc) is 2.49. The number of carbonyl (C=O) groups excluding carboxylic acids is 2. The summed E-state index contributed by atoms with van der Waals surface area (Å²) in [6.45, 7) is 21.9. The van der Waals surface area contributed by atoms with Gasteiger partial charge < -0.3 is 14.8 Å². The monoisotopic (exact) mass is 414 g/mol. The molecule has 172 valence electrons. The minimum Gasteiger partial charge on any atom is -0.462 e. The first-order valence-electron chi connectivity index (χ1n) is 11.1. The predicted molar refractivity (Wildman–Crippen MR) is 119 cm³/mol. The first-order valence-corrected chi connectivity index (χ1v) is 11.1. The molecule has 6 heteroatoms. The van der Waals surface area contributed by atoms with Crippen LogP contribution in [0.4, 0.5) is 0 Å². The average molecular weight is 415 g/mol. The minimum absolute atomic E-state index is 0.0871. The standard InChI is InChI=1S/C23H46N2O4/c1-14(2)12-19(24-16(5)6)21(26)29-18(9)13-23(10,11)25-20(15(3)4)22(27)28-17(7)8/h14-20,24-25H,12-13H2,1-11H3/t18?,19?,20-/m0/s1. The summed E-state index contributed by atoms with van der Waals surface area (Å²) in [6, 6.07) is -0.511. The van der Waals surface area contributed by atoms with Gasteiger partial charge in [0.2, 0.25) is 0 Å². The van der Waals surface area contributed by atoms with Crippen molar-refractivity contribution in [3.63, 3.8) is 0 Å². The number of esters is 2. The Hall–Kier alpha value is -1.14. The highest BCUT2D eigenvalue weighted by Gasteiger charge is 2.33. The molecule has 6 nitrogen and oxygen atoms in total. The van der Waals surface area contributed by atoms with Crippen LogP contribution in [-0.2, 0) is 19.1 Å². The van der Waals surface area contributed by atoms with E-state index < -0.39 is 11.6 Å². The van der Waals surface area contributed by atoms with Gasteiger partial charge in [0.1, 0.15) is 18.2 Å². The Bertz CT molecular complexity index is 491. The molecule has 0 spiro atoms. The molecule has 0 aromatic rings. The van der Waals surface area contributed by atoms with Crippen LogP contribution in [0.5, 0.6) is 0 Å². The van der Waals surface area contributed by atoms with E-state index in [9.17, 15) is 9.59 Å². The summed E-state index contributed by atoms with van der Waals surface area (Å²) in [7, 11) is 0. The van der Waals surface area contributed by atoms with Gasteiger partial charge in [0.15, 0.2) is 0 Å². The summed E-state index contributed by atoms with van der Waals surface area (Å²) >= 11 is 0. The molecule has 2 N–H and O–H groups in total. The second-order valence-corrected chi connectivity index (χ2v) is 10.2. The van der Waals surface area contributed by atoms with Crippen molar-refractivity contribution < 1.29 is 19.1 Å². The van der Waals surface area contributed by atoms with E-state index in [1.807, 2.05) is 62.3 Å². The van der Waals surface area contributed by atoms with Crippen LogP contribution in [0.3, 0.4) is 0 Å². The van der Waals surface area contributed by atoms with Crippen LogP contribution in [0.25, 0.3) is 0 Å². The Balaban J connectivity index is 4.98. The maximum absolute atomic E-state index is 12.7. The van der Waals surface area contributed by atoms with Gasteiger partial charge in [-0.15, -0.1) is 0 Å². The summed E-state index contributed by atoms with van der Waals surface area (Å²) in [6.07, 6.45) is 0.900. The second kappa shape index (κ2) is 12.5. The molecule has 0 heterocycles. The maximum Gasteiger partial charge on any atom is 0.323 e. The van der Waals surface area contributed by atoms with Gasteiger partial charge in [-0.05, 0) is 52.9 Å². The number of nitrogens with one attached hydrogen (secondary N) is 2. The number of rotatable bonds is 13. The van der Waals surface area contributed by atoms with E-state index in [1.165, 1.54) is 0 Å². The van der Waals surface area contributed by atoms with Gasteiger partial charge in [-0.25, -0.2) is 0 Å². The number of hydrogen-bond acceptors (Lipinski definition) is 6. The Morgan fingerprint density at radius 1 is 0.862 bits per heavy atom. The lowest BCUT2D eigenvalue weighted by Crippen LogP contribution is -2.54. The quantitative estimate of drug-likeness (QED) is 0.443. The van der Waals surface area contributed by atoms with Gasteiger partial charge in [-0.2, -0.15) is 0 Å². The van der Waals surface area contributed by atoms with Crippen molar-refractivity contribution in [1.29, 1.82) is 0 Å². The molecule has 0 fully saturated rings. The van der Waals surface area contributed by atoms with Crippen molar-refractivity contribution in [3.8, 4) is 0 Å². The lowest BCUT2D eigenvalue weighted by atomic mass is 9.93. The Kier molecular flexibility index (Phi) is 12.0. The highest BCUT2D eigenvalue weighted by Crippen LogP contribution is 2.19. The fourth-order valence-corrected chi connectivity index (χ4v) is 3.43. The molecule has 29 heavy (non-hydrogen) atoms. The summed E-state index contributed by atoms with van der Waals surface area (Å²) in [5, 5.41) is 6.72. The van der Waals surface area contributed by atoms with E-state index in [0.717, 1.165) is 6.42 Å². The summed E-state index contributed by atoms with van der Waals surface area (Å²) < 4.78 is 11.2. The first-order chi connectivity index (χ1) is 13.1. The van der Waals surface area contributed by atoms with Gasteiger partial charge >= 0.3 is 11.9 Å². The van der Waals surface area contributed by atoms with Gasteiger partial charge in [-0.1, -0.05) is 41.5 Å². The molecule has 0 saturated carbocycles. The number of ether oxygens (including phenoxy) is 2. The lowest BCUT2D eigenvalue weighted by molar-refractivity contribution is -0.155. The SMILES string of the molecule is CC(C)CC(NC(C)C)C(=O)OC(C)CC(C)(C)N[C@H](C(=O)OC(C)C)C(C)C. The number of carbonyl (C=O) groups is 2. The molecule has 0 amide bonds.